The molecule has 146 valence electrons. The van der Waals surface area contributed by atoms with Crippen LogP contribution < -0.4 is 21.5 Å². The average molecular weight is 382 g/mol. The maximum atomic E-state index is 12.5. The van der Waals surface area contributed by atoms with Crippen LogP contribution in [0, 0.1) is 0 Å². The van der Waals surface area contributed by atoms with Crippen LogP contribution in [0.15, 0.2) is 41.2 Å². The molecule has 0 radical (unpaired) electrons. The van der Waals surface area contributed by atoms with Gasteiger partial charge in [-0.1, -0.05) is 24.3 Å². The highest BCUT2D eigenvalue weighted by molar-refractivity contribution is 5.82. The number of rotatable bonds is 1. The zero-order chi connectivity index (χ0) is 19.5. The molecular formula is C19H22N6O3. The first-order valence-electron chi connectivity index (χ1n) is 9.14. The highest BCUT2D eigenvalue weighted by Crippen LogP contribution is 2.20. The number of fused-ring (bicyclic) bond motifs is 3. The van der Waals surface area contributed by atoms with Gasteiger partial charge in [-0.25, -0.2) is 4.79 Å². The average Bonchev–Trinajstić information content (AvgIpc) is 2.99. The molecule has 1 atom stereocenters. The second-order valence-corrected chi connectivity index (χ2v) is 6.68. The quantitative estimate of drug-likeness (QED) is 0.466. The van der Waals surface area contributed by atoms with Gasteiger partial charge in [-0.05, 0) is 30.5 Å². The van der Waals surface area contributed by atoms with E-state index in [9.17, 15) is 9.90 Å². The summed E-state index contributed by atoms with van der Waals surface area (Å²) in [5, 5.41) is 12.8. The second kappa shape index (κ2) is 7.73. The highest BCUT2D eigenvalue weighted by Gasteiger charge is 2.16. The fourth-order valence-electron chi connectivity index (χ4n) is 3.20. The van der Waals surface area contributed by atoms with Crippen molar-refractivity contribution in [1.82, 2.24) is 19.5 Å². The minimum absolute atomic E-state index is 0.0733. The van der Waals surface area contributed by atoms with Crippen LogP contribution in [-0.2, 0) is 6.54 Å². The Bertz CT molecular complexity index is 1070. The topological polar surface area (TPSA) is 131 Å². The number of benzene rings is 1. The van der Waals surface area contributed by atoms with Crippen LogP contribution in [-0.4, -0.2) is 43.9 Å². The lowest BCUT2D eigenvalue weighted by Gasteiger charge is -2.16. The SMILES string of the molecule is Nc1nc2nc3c1[nH]c(=O)n3Cc1cccc(c1)OCC=CCCC(CO)N2. The third kappa shape index (κ3) is 3.70. The molecule has 3 aromatic rings. The van der Waals surface area contributed by atoms with Gasteiger partial charge in [0.05, 0.1) is 19.2 Å². The number of aromatic amines is 1. The van der Waals surface area contributed by atoms with Crippen molar-refractivity contribution in [2.45, 2.75) is 25.4 Å². The van der Waals surface area contributed by atoms with Crippen LogP contribution in [0.25, 0.3) is 11.2 Å². The van der Waals surface area contributed by atoms with Crippen molar-refractivity contribution in [2.75, 3.05) is 24.3 Å². The number of nitrogens with two attached hydrogens (primary N) is 1. The van der Waals surface area contributed by atoms with Gasteiger partial charge >= 0.3 is 5.69 Å². The second-order valence-electron chi connectivity index (χ2n) is 6.68. The number of aromatic nitrogens is 4. The summed E-state index contributed by atoms with van der Waals surface area (Å²) < 4.78 is 7.27. The summed E-state index contributed by atoms with van der Waals surface area (Å²) in [5.41, 5.74) is 7.43. The number of aliphatic hydroxyl groups is 1. The molecular weight excluding hydrogens is 360 g/mol. The van der Waals surface area contributed by atoms with Gasteiger partial charge in [0, 0.05) is 0 Å². The number of hydrogen-bond donors (Lipinski definition) is 4. The smallest absolute Gasteiger partial charge is 0.328 e. The zero-order valence-electron chi connectivity index (χ0n) is 15.3. The first-order valence-corrected chi connectivity index (χ1v) is 9.14. The van der Waals surface area contributed by atoms with Crippen LogP contribution in [0.2, 0.25) is 0 Å². The van der Waals surface area contributed by atoms with Gasteiger partial charge in [0.1, 0.15) is 17.9 Å². The van der Waals surface area contributed by atoms with Gasteiger partial charge in [0.2, 0.25) is 5.95 Å². The van der Waals surface area contributed by atoms with Gasteiger partial charge in [-0.15, -0.1) is 0 Å². The number of nitrogens with zero attached hydrogens (tertiary/aromatic N) is 3. The van der Waals surface area contributed by atoms with Crippen LogP contribution in [0.4, 0.5) is 11.8 Å². The fourth-order valence-corrected chi connectivity index (χ4v) is 3.20. The van der Waals surface area contributed by atoms with Crippen molar-refractivity contribution in [3.05, 3.63) is 52.5 Å². The predicted octanol–water partition coefficient (Wildman–Crippen LogP) is 1.25. The Labute approximate surface area is 160 Å². The van der Waals surface area contributed by atoms with Crippen molar-refractivity contribution in [3.63, 3.8) is 0 Å². The summed E-state index contributed by atoms with van der Waals surface area (Å²) in [6.45, 7) is 0.690. The van der Waals surface area contributed by atoms with Gasteiger partial charge in [0.15, 0.2) is 11.5 Å². The molecule has 1 unspecified atom stereocenters. The molecule has 0 fully saturated rings. The van der Waals surface area contributed by atoms with E-state index >= 15 is 0 Å². The number of ether oxygens (including phenoxy) is 1. The Kier molecular flexibility index (Phi) is 4.98. The molecule has 1 aliphatic rings. The summed E-state index contributed by atoms with van der Waals surface area (Å²) in [6.07, 6.45) is 5.41. The standard InChI is InChI=1S/C19H22N6O3/c20-16-15-17-24-18(23-16)21-13(11-26)6-2-1-3-8-28-14-7-4-5-12(9-14)10-25(17)19(27)22-15/h1,3-5,7,9,13,26H,2,6,8,10-11H2,(H,22,27)(H3,20,21,23,24). The highest BCUT2D eigenvalue weighted by atomic mass is 16.5. The molecule has 1 aliphatic heterocycles. The number of nitrogen functional groups attached to an aromatic ring is 1. The van der Waals surface area contributed by atoms with Crippen LogP contribution >= 0.6 is 0 Å². The first kappa shape index (κ1) is 18.1. The Morgan fingerprint density at radius 1 is 1.32 bits per heavy atom. The number of anilines is 2. The van der Waals surface area contributed by atoms with E-state index in [0.717, 1.165) is 17.7 Å². The molecule has 9 nitrogen and oxygen atoms in total. The molecule has 0 saturated carbocycles. The lowest BCUT2D eigenvalue weighted by Crippen LogP contribution is -2.25. The van der Waals surface area contributed by atoms with Crippen LogP contribution in [0.1, 0.15) is 18.4 Å². The molecule has 0 saturated heterocycles. The van der Waals surface area contributed by atoms with E-state index in [1.807, 2.05) is 36.4 Å². The van der Waals surface area contributed by atoms with E-state index < -0.39 is 0 Å². The van der Waals surface area contributed by atoms with E-state index in [2.05, 4.69) is 20.3 Å². The summed E-state index contributed by atoms with van der Waals surface area (Å²) in [7, 11) is 0. The zero-order valence-corrected chi connectivity index (χ0v) is 15.3. The molecule has 0 spiro atoms. The number of allylic oxidation sites excluding steroid dienone is 1. The summed E-state index contributed by atoms with van der Waals surface area (Å²) in [4.78, 5) is 23.9. The van der Waals surface area contributed by atoms with Crippen molar-refractivity contribution in [1.29, 1.82) is 0 Å². The van der Waals surface area contributed by atoms with E-state index in [4.69, 9.17) is 10.5 Å². The number of H-pyrrole nitrogens is 1. The Morgan fingerprint density at radius 3 is 3.07 bits per heavy atom. The normalized spacial score (nSPS) is 17.4. The molecule has 2 aromatic heterocycles. The van der Waals surface area contributed by atoms with Gasteiger partial charge in [-0.2, -0.15) is 9.97 Å². The number of nitrogens with one attached hydrogen (secondary N) is 2. The number of imidazole rings is 1. The molecule has 0 aliphatic carbocycles. The largest absolute Gasteiger partial charge is 0.490 e. The number of aliphatic hydroxyl groups excluding tert-OH is 1. The van der Waals surface area contributed by atoms with Crippen molar-refractivity contribution < 1.29 is 9.84 Å². The van der Waals surface area contributed by atoms with Gasteiger partial charge < -0.3 is 25.9 Å². The molecule has 4 rings (SSSR count). The van der Waals surface area contributed by atoms with E-state index in [1.54, 1.807) is 0 Å². The lowest BCUT2D eigenvalue weighted by molar-refractivity contribution is 0.269. The third-order valence-corrected chi connectivity index (χ3v) is 4.64. The van der Waals surface area contributed by atoms with Crippen molar-refractivity contribution in [3.8, 4) is 5.75 Å². The molecule has 4 bridgehead atoms. The summed E-state index contributed by atoms with van der Waals surface area (Å²) >= 11 is 0. The third-order valence-electron chi connectivity index (χ3n) is 4.64. The Balaban J connectivity index is 1.81. The van der Waals surface area contributed by atoms with Gasteiger partial charge in [-0.3, -0.25) is 4.57 Å². The Morgan fingerprint density at radius 2 is 2.21 bits per heavy atom. The Hall–Kier alpha value is -3.33. The minimum Gasteiger partial charge on any atom is -0.490 e. The predicted molar refractivity (Wildman–Crippen MR) is 106 cm³/mol. The maximum absolute atomic E-state index is 12.5. The minimum atomic E-state index is -0.317. The summed E-state index contributed by atoms with van der Waals surface area (Å²) in [6, 6.07) is 7.35. The molecule has 1 aromatic carbocycles. The van der Waals surface area contributed by atoms with E-state index in [-0.39, 0.29) is 30.1 Å². The monoisotopic (exact) mass is 382 g/mol. The molecule has 9 heteroatoms. The fraction of sp³-hybridized carbons (Fsp3) is 0.316. The van der Waals surface area contributed by atoms with E-state index in [1.165, 1.54) is 4.57 Å². The first-order chi connectivity index (χ1) is 13.6. The lowest BCUT2D eigenvalue weighted by atomic mass is 10.1. The van der Waals surface area contributed by atoms with Crippen LogP contribution in [0.5, 0.6) is 5.75 Å². The molecule has 3 heterocycles. The van der Waals surface area contributed by atoms with Crippen LogP contribution in [0.3, 0.4) is 0 Å². The van der Waals surface area contributed by atoms with Crippen molar-refractivity contribution in [2.24, 2.45) is 0 Å². The molecule has 0 amide bonds. The van der Waals surface area contributed by atoms with Crippen molar-refractivity contribution >= 4 is 22.9 Å². The number of hydrogen-bond acceptors (Lipinski definition) is 7. The van der Waals surface area contributed by atoms with Gasteiger partial charge in [0.25, 0.3) is 0 Å². The molecule has 5 N–H and O–H groups in total. The molecule has 28 heavy (non-hydrogen) atoms. The maximum Gasteiger partial charge on any atom is 0.328 e. The van der Waals surface area contributed by atoms with E-state index in [0.29, 0.717) is 30.7 Å². The summed E-state index contributed by atoms with van der Waals surface area (Å²) in [5.74, 6) is 1.19.